The molecule has 3 atom stereocenters. The van der Waals surface area contributed by atoms with Crippen molar-refractivity contribution >= 4 is 40.0 Å². The third-order valence-corrected chi connectivity index (χ3v) is 8.40. The molecule has 1 aliphatic carbocycles. The van der Waals surface area contributed by atoms with E-state index in [0.29, 0.717) is 23.6 Å². The molecule has 1 aromatic carbocycles. The van der Waals surface area contributed by atoms with Crippen LogP contribution in [0.1, 0.15) is 75.6 Å². The van der Waals surface area contributed by atoms with E-state index in [1.165, 1.54) is 6.42 Å². The van der Waals surface area contributed by atoms with Crippen LogP contribution < -0.4 is 5.32 Å². The summed E-state index contributed by atoms with van der Waals surface area (Å²) in [6.07, 6.45) is 9.65. The average Bonchev–Trinajstić information content (AvgIpc) is 3.46. The van der Waals surface area contributed by atoms with Gasteiger partial charge >= 0.3 is 0 Å². The maximum Gasteiger partial charge on any atom is 0.226 e. The molecule has 1 saturated carbocycles. The number of hydrogen-bond donors (Lipinski definition) is 1. The Morgan fingerprint density at radius 3 is 2.54 bits per heavy atom. The maximum atomic E-state index is 14.0. The summed E-state index contributed by atoms with van der Waals surface area (Å²) >= 11 is 6.22. The molecular weight excluding hydrogens is 462 g/mol. The molecule has 0 spiro atoms. The normalized spacial score (nSPS) is 20.8. The van der Waals surface area contributed by atoms with Gasteiger partial charge in [-0.25, -0.2) is 0 Å². The molecule has 4 rings (SSSR count). The molecule has 6 nitrogen and oxygen atoms in total. The summed E-state index contributed by atoms with van der Waals surface area (Å²) in [6.45, 7) is 4.81. The van der Waals surface area contributed by atoms with Crippen LogP contribution in [0.5, 0.6) is 0 Å². The molecule has 1 N–H and O–H groups in total. The third kappa shape index (κ3) is 5.64. The molecule has 1 saturated heterocycles. The fourth-order valence-electron chi connectivity index (χ4n) is 6.00. The summed E-state index contributed by atoms with van der Waals surface area (Å²) in [7, 11) is 1.79. The number of benzene rings is 1. The first-order valence-electron chi connectivity index (χ1n) is 13.1. The molecule has 1 aromatic heterocycles. The van der Waals surface area contributed by atoms with Gasteiger partial charge in [0.1, 0.15) is 5.78 Å². The highest BCUT2D eigenvalue weighted by atomic mass is 35.5. The van der Waals surface area contributed by atoms with Gasteiger partial charge in [0.2, 0.25) is 5.91 Å². The van der Waals surface area contributed by atoms with E-state index in [9.17, 15) is 14.4 Å². The number of nitrogens with zero attached hydrogens (tertiary/aromatic N) is 2. The Morgan fingerprint density at radius 1 is 1.11 bits per heavy atom. The van der Waals surface area contributed by atoms with Gasteiger partial charge in [-0.15, -0.1) is 0 Å². The number of halogens is 1. The lowest BCUT2D eigenvalue weighted by Gasteiger charge is -2.35. The van der Waals surface area contributed by atoms with Gasteiger partial charge < -0.3 is 14.8 Å². The SMILES string of the molecule is CN[C@@H](C)C(=O)C[C@H](C(=O)N1CCC[C@H]1Cn1cc(C(C)=O)c2cc(Cl)ccc21)C1CCCCC1. The van der Waals surface area contributed by atoms with Crippen LogP contribution in [-0.2, 0) is 16.1 Å². The lowest BCUT2D eigenvalue weighted by Crippen LogP contribution is -2.45. The van der Waals surface area contributed by atoms with Crippen molar-refractivity contribution in [2.75, 3.05) is 13.6 Å². The van der Waals surface area contributed by atoms with Crippen LogP contribution in [-0.4, -0.2) is 52.6 Å². The molecule has 7 heteroatoms. The zero-order valence-corrected chi connectivity index (χ0v) is 21.9. The summed E-state index contributed by atoms with van der Waals surface area (Å²) in [5.41, 5.74) is 1.62. The number of Topliss-reactive ketones (excluding diaryl/α,β-unsaturated/α-hetero) is 2. The number of fused-ring (bicyclic) bond motifs is 1. The number of hydrogen-bond acceptors (Lipinski definition) is 4. The smallest absolute Gasteiger partial charge is 0.226 e. The fraction of sp³-hybridized carbons (Fsp3) is 0.607. The van der Waals surface area contributed by atoms with E-state index in [-0.39, 0.29) is 41.4 Å². The van der Waals surface area contributed by atoms with E-state index in [1.807, 2.05) is 36.2 Å². The Labute approximate surface area is 213 Å². The Morgan fingerprint density at radius 2 is 1.86 bits per heavy atom. The molecule has 2 aromatic rings. The average molecular weight is 500 g/mol. The molecule has 1 amide bonds. The monoisotopic (exact) mass is 499 g/mol. The van der Waals surface area contributed by atoms with E-state index in [0.717, 1.165) is 56.0 Å². The highest BCUT2D eigenvalue weighted by Crippen LogP contribution is 2.35. The number of ketones is 2. The number of rotatable bonds is 9. The Bertz CT molecular complexity index is 1090. The van der Waals surface area contributed by atoms with Gasteiger partial charge in [0.15, 0.2) is 5.78 Å². The number of amides is 1. The van der Waals surface area contributed by atoms with Gasteiger partial charge in [-0.1, -0.05) is 30.9 Å². The van der Waals surface area contributed by atoms with Crippen molar-refractivity contribution in [3.05, 3.63) is 35.0 Å². The van der Waals surface area contributed by atoms with Gasteiger partial charge in [-0.2, -0.15) is 0 Å². The summed E-state index contributed by atoms with van der Waals surface area (Å²) in [4.78, 5) is 41.2. The van der Waals surface area contributed by atoms with Crippen LogP contribution in [0.2, 0.25) is 5.02 Å². The van der Waals surface area contributed by atoms with Crippen LogP contribution in [0.15, 0.2) is 24.4 Å². The molecule has 0 bridgehead atoms. The first-order valence-corrected chi connectivity index (χ1v) is 13.5. The minimum absolute atomic E-state index is 0.00454. The predicted molar refractivity (Wildman–Crippen MR) is 140 cm³/mol. The van der Waals surface area contributed by atoms with E-state index in [1.54, 1.807) is 14.0 Å². The molecule has 2 heterocycles. The molecule has 190 valence electrons. The standard InChI is InChI=1S/C28H38ClN3O3/c1-18(30-3)27(34)15-23(20-8-5-4-6-9-20)28(35)32-13-7-10-22(32)16-31-17-25(19(2)33)24-14-21(29)11-12-26(24)31/h11-12,14,17-18,20,22-23,30H,4-10,13,15-16H2,1-3H3/t18-,22-,23-/m0/s1. The van der Waals surface area contributed by atoms with Gasteiger partial charge in [0.05, 0.1) is 6.04 Å². The summed E-state index contributed by atoms with van der Waals surface area (Å²) in [5.74, 6) is 0.301. The number of likely N-dealkylation sites (N-methyl/N-ethyl adjacent to an activating group) is 1. The van der Waals surface area contributed by atoms with E-state index < -0.39 is 0 Å². The topological polar surface area (TPSA) is 71.4 Å². The van der Waals surface area contributed by atoms with Gasteiger partial charge in [0.25, 0.3) is 0 Å². The van der Waals surface area contributed by atoms with Gasteiger partial charge in [0, 0.05) is 59.2 Å². The second-order valence-corrected chi connectivity index (χ2v) is 10.9. The van der Waals surface area contributed by atoms with Crippen molar-refractivity contribution in [1.82, 2.24) is 14.8 Å². The molecule has 0 unspecified atom stereocenters. The lowest BCUT2D eigenvalue weighted by atomic mass is 9.76. The maximum absolute atomic E-state index is 14.0. The zero-order chi connectivity index (χ0) is 25.1. The summed E-state index contributed by atoms with van der Waals surface area (Å²) in [6, 6.07) is 5.45. The second-order valence-electron chi connectivity index (χ2n) is 10.4. The Hall–Kier alpha value is -2.18. The van der Waals surface area contributed by atoms with Crippen molar-refractivity contribution in [3.8, 4) is 0 Å². The van der Waals surface area contributed by atoms with Gasteiger partial charge in [-0.05, 0) is 70.7 Å². The molecular formula is C28H38ClN3O3. The Kier molecular flexibility index (Phi) is 8.33. The van der Waals surface area contributed by atoms with Crippen LogP contribution in [0.25, 0.3) is 10.9 Å². The van der Waals surface area contributed by atoms with Crippen molar-refractivity contribution in [1.29, 1.82) is 0 Å². The quantitative estimate of drug-likeness (QED) is 0.478. The highest BCUT2D eigenvalue weighted by molar-refractivity contribution is 6.31. The fourth-order valence-corrected chi connectivity index (χ4v) is 6.18. The molecule has 1 aliphatic heterocycles. The number of nitrogens with one attached hydrogen (secondary N) is 1. The van der Waals surface area contributed by atoms with Crippen molar-refractivity contribution in [3.63, 3.8) is 0 Å². The largest absolute Gasteiger partial charge is 0.345 e. The van der Waals surface area contributed by atoms with E-state index in [2.05, 4.69) is 9.88 Å². The second kappa shape index (κ2) is 11.3. The van der Waals surface area contributed by atoms with Crippen molar-refractivity contribution in [2.24, 2.45) is 11.8 Å². The molecule has 2 aliphatic rings. The number of aromatic nitrogens is 1. The van der Waals surface area contributed by atoms with Crippen molar-refractivity contribution in [2.45, 2.75) is 83.8 Å². The minimum Gasteiger partial charge on any atom is -0.345 e. The van der Waals surface area contributed by atoms with Crippen LogP contribution >= 0.6 is 11.6 Å². The number of carbonyl (C=O) groups excluding carboxylic acids is 3. The first kappa shape index (κ1) is 25.9. The van der Waals surface area contributed by atoms with Crippen molar-refractivity contribution < 1.29 is 14.4 Å². The first-order chi connectivity index (χ1) is 16.8. The lowest BCUT2D eigenvalue weighted by molar-refractivity contribution is -0.141. The molecule has 35 heavy (non-hydrogen) atoms. The predicted octanol–water partition coefficient (Wildman–Crippen LogP) is 5.25. The number of carbonyl (C=O) groups is 3. The zero-order valence-electron chi connectivity index (χ0n) is 21.2. The van der Waals surface area contributed by atoms with E-state index in [4.69, 9.17) is 11.6 Å². The number of likely N-dealkylation sites (tertiary alicyclic amines) is 1. The highest BCUT2D eigenvalue weighted by Gasteiger charge is 2.39. The van der Waals surface area contributed by atoms with E-state index >= 15 is 0 Å². The van der Waals surface area contributed by atoms with Crippen LogP contribution in [0.4, 0.5) is 0 Å². The summed E-state index contributed by atoms with van der Waals surface area (Å²) in [5, 5.41) is 4.50. The summed E-state index contributed by atoms with van der Waals surface area (Å²) < 4.78 is 2.10. The molecule has 0 radical (unpaired) electrons. The minimum atomic E-state index is -0.244. The third-order valence-electron chi connectivity index (χ3n) is 8.16. The van der Waals surface area contributed by atoms with Crippen LogP contribution in [0.3, 0.4) is 0 Å². The van der Waals surface area contributed by atoms with Gasteiger partial charge in [-0.3, -0.25) is 14.4 Å². The Balaban J connectivity index is 1.58. The van der Waals surface area contributed by atoms with Crippen LogP contribution in [0, 0.1) is 11.8 Å². The molecule has 2 fully saturated rings.